The van der Waals surface area contributed by atoms with Gasteiger partial charge in [0, 0.05) is 19.2 Å². The number of hydrogen-bond acceptors (Lipinski definition) is 8. The number of methoxy groups -OCH3 is 2. The zero-order chi connectivity index (χ0) is 22.7. The third-order valence-corrected chi connectivity index (χ3v) is 6.07. The Balaban J connectivity index is 1.65. The van der Waals surface area contributed by atoms with Crippen molar-refractivity contribution in [3.05, 3.63) is 42.0 Å². The van der Waals surface area contributed by atoms with Crippen LogP contribution in [0.3, 0.4) is 0 Å². The quantitative estimate of drug-likeness (QED) is 0.480. The second-order valence-electron chi connectivity index (χ2n) is 7.38. The first-order valence-electron chi connectivity index (χ1n) is 10.1. The van der Waals surface area contributed by atoms with Gasteiger partial charge >= 0.3 is 0 Å². The molecular weight excluding hydrogens is 430 g/mol. The van der Waals surface area contributed by atoms with Crippen molar-refractivity contribution in [2.75, 3.05) is 53.1 Å². The van der Waals surface area contributed by atoms with Crippen molar-refractivity contribution >= 4 is 38.7 Å². The zero-order valence-electron chi connectivity index (χ0n) is 18.5. The van der Waals surface area contributed by atoms with Gasteiger partial charge in [-0.1, -0.05) is 17.4 Å². The number of nitrogens with zero attached hydrogens (tertiary/aromatic N) is 3. The minimum absolute atomic E-state index is 0.165. The summed E-state index contributed by atoms with van der Waals surface area (Å²) in [4.78, 5) is 21.6. The molecule has 0 spiro atoms. The molecule has 1 aromatic heterocycles. The molecule has 8 nitrogen and oxygen atoms in total. The maximum atomic E-state index is 13.2. The molecule has 1 amide bonds. The van der Waals surface area contributed by atoms with E-state index in [-0.39, 0.29) is 12.7 Å². The molecular formula is C23H25N3O5S. The molecule has 4 rings (SSSR count). The van der Waals surface area contributed by atoms with E-state index in [1.54, 1.807) is 31.3 Å². The molecule has 0 radical (unpaired) electrons. The summed E-state index contributed by atoms with van der Waals surface area (Å²) in [7, 11) is 7.15. The Morgan fingerprint density at radius 1 is 1.09 bits per heavy atom. The maximum absolute atomic E-state index is 13.2. The number of aromatic nitrogens is 1. The van der Waals surface area contributed by atoms with Gasteiger partial charge in [0.25, 0.3) is 5.91 Å². The van der Waals surface area contributed by atoms with Crippen LogP contribution in [0.5, 0.6) is 23.0 Å². The SMILES string of the molecule is COc1ccc(OC)c2sc(N(CCN(C)C)C(=O)/C=C/c3ccc4c(c3)OCO4)nc12. The number of hydrogen-bond donors (Lipinski definition) is 0. The summed E-state index contributed by atoms with van der Waals surface area (Å²) in [5, 5.41) is 0.588. The number of amides is 1. The Kier molecular flexibility index (Phi) is 6.48. The molecule has 0 atom stereocenters. The highest BCUT2D eigenvalue weighted by Gasteiger charge is 2.21. The van der Waals surface area contributed by atoms with E-state index in [4.69, 9.17) is 23.9 Å². The monoisotopic (exact) mass is 455 g/mol. The number of thiazole rings is 1. The molecule has 9 heteroatoms. The van der Waals surface area contributed by atoms with Crippen LogP contribution in [-0.4, -0.2) is 64.0 Å². The fourth-order valence-electron chi connectivity index (χ4n) is 3.26. The van der Waals surface area contributed by atoms with Crippen molar-refractivity contribution in [2.24, 2.45) is 0 Å². The number of likely N-dealkylation sites (N-methyl/N-ethyl adjacent to an activating group) is 1. The Morgan fingerprint density at radius 3 is 2.59 bits per heavy atom. The predicted octanol–water partition coefficient (Wildman–Crippen LogP) is 3.65. The lowest BCUT2D eigenvalue weighted by atomic mass is 10.2. The third kappa shape index (κ3) is 4.49. The van der Waals surface area contributed by atoms with Crippen LogP contribution in [0.15, 0.2) is 36.4 Å². The van der Waals surface area contributed by atoms with Crippen LogP contribution in [0.1, 0.15) is 5.56 Å². The lowest BCUT2D eigenvalue weighted by Gasteiger charge is -2.20. The van der Waals surface area contributed by atoms with E-state index in [0.717, 1.165) is 10.3 Å². The largest absolute Gasteiger partial charge is 0.495 e. The van der Waals surface area contributed by atoms with Crippen LogP contribution in [0.2, 0.25) is 0 Å². The van der Waals surface area contributed by atoms with Crippen molar-refractivity contribution in [3.8, 4) is 23.0 Å². The summed E-state index contributed by atoms with van der Waals surface area (Å²) in [5.74, 6) is 2.55. The van der Waals surface area contributed by atoms with Crippen molar-refractivity contribution in [1.82, 2.24) is 9.88 Å². The highest BCUT2D eigenvalue weighted by Crippen LogP contribution is 2.40. The van der Waals surface area contributed by atoms with Gasteiger partial charge in [0.1, 0.15) is 21.7 Å². The van der Waals surface area contributed by atoms with E-state index in [1.807, 2.05) is 49.3 Å². The van der Waals surface area contributed by atoms with E-state index >= 15 is 0 Å². The van der Waals surface area contributed by atoms with Gasteiger partial charge < -0.3 is 23.8 Å². The molecule has 3 aromatic rings. The summed E-state index contributed by atoms with van der Waals surface area (Å²) in [5.41, 5.74) is 1.53. The van der Waals surface area contributed by atoms with Gasteiger partial charge in [-0.2, -0.15) is 0 Å². The van der Waals surface area contributed by atoms with E-state index in [2.05, 4.69) is 0 Å². The normalized spacial score (nSPS) is 12.7. The third-order valence-electron chi connectivity index (χ3n) is 4.98. The van der Waals surface area contributed by atoms with Gasteiger partial charge in [-0.3, -0.25) is 9.69 Å². The average molecular weight is 456 g/mol. The first-order valence-corrected chi connectivity index (χ1v) is 10.9. The second kappa shape index (κ2) is 9.46. The molecule has 0 N–H and O–H groups in total. The summed E-state index contributed by atoms with van der Waals surface area (Å²) >= 11 is 1.40. The molecule has 32 heavy (non-hydrogen) atoms. The molecule has 0 aliphatic carbocycles. The molecule has 0 unspecified atom stereocenters. The summed E-state index contributed by atoms with van der Waals surface area (Å²) in [6, 6.07) is 9.23. The second-order valence-corrected chi connectivity index (χ2v) is 8.36. The van der Waals surface area contributed by atoms with Crippen LogP contribution in [0, 0.1) is 0 Å². The number of carbonyl (C=O) groups is 1. The molecule has 0 fully saturated rings. The van der Waals surface area contributed by atoms with Crippen molar-refractivity contribution < 1.29 is 23.7 Å². The molecule has 1 aliphatic rings. The first-order chi connectivity index (χ1) is 15.5. The van der Waals surface area contributed by atoms with E-state index < -0.39 is 0 Å². The highest BCUT2D eigenvalue weighted by atomic mass is 32.1. The van der Waals surface area contributed by atoms with Crippen molar-refractivity contribution in [3.63, 3.8) is 0 Å². The molecule has 1 aliphatic heterocycles. The minimum atomic E-state index is -0.165. The number of carbonyl (C=O) groups excluding carboxylic acids is 1. The van der Waals surface area contributed by atoms with Gasteiger partial charge in [-0.25, -0.2) is 4.98 Å². The number of rotatable bonds is 8. The molecule has 2 aromatic carbocycles. The summed E-state index contributed by atoms with van der Waals surface area (Å²) in [6.07, 6.45) is 3.31. The summed E-state index contributed by atoms with van der Waals surface area (Å²) in [6.45, 7) is 1.39. The fraction of sp³-hybridized carbons (Fsp3) is 0.304. The number of benzene rings is 2. The van der Waals surface area contributed by atoms with E-state index in [1.165, 1.54) is 11.3 Å². The minimum Gasteiger partial charge on any atom is -0.495 e. The predicted molar refractivity (Wildman–Crippen MR) is 125 cm³/mol. The smallest absolute Gasteiger partial charge is 0.252 e. The Labute approximate surface area is 190 Å². The summed E-state index contributed by atoms with van der Waals surface area (Å²) < 4.78 is 22.5. The van der Waals surface area contributed by atoms with Crippen molar-refractivity contribution in [2.45, 2.75) is 0 Å². The number of anilines is 1. The van der Waals surface area contributed by atoms with E-state index in [9.17, 15) is 4.79 Å². The van der Waals surface area contributed by atoms with Gasteiger partial charge in [-0.05, 0) is 50.0 Å². The molecule has 0 bridgehead atoms. The molecule has 0 saturated heterocycles. The lowest BCUT2D eigenvalue weighted by molar-refractivity contribution is -0.114. The molecule has 0 saturated carbocycles. The van der Waals surface area contributed by atoms with Crippen LogP contribution in [-0.2, 0) is 4.79 Å². The number of ether oxygens (including phenoxy) is 4. The van der Waals surface area contributed by atoms with Crippen LogP contribution in [0.4, 0.5) is 5.13 Å². The topological polar surface area (TPSA) is 73.4 Å². The van der Waals surface area contributed by atoms with Crippen LogP contribution < -0.4 is 23.8 Å². The van der Waals surface area contributed by atoms with E-state index in [0.29, 0.717) is 46.7 Å². The fourth-order valence-corrected chi connectivity index (χ4v) is 4.37. The Bertz CT molecular complexity index is 1120. The number of fused-ring (bicyclic) bond motifs is 2. The van der Waals surface area contributed by atoms with Gasteiger partial charge in [0.05, 0.1) is 14.2 Å². The first kappa shape index (κ1) is 21.9. The Morgan fingerprint density at radius 2 is 1.84 bits per heavy atom. The van der Waals surface area contributed by atoms with Gasteiger partial charge in [0.2, 0.25) is 6.79 Å². The van der Waals surface area contributed by atoms with Crippen molar-refractivity contribution in [1.29, 1.82) is 0 Å². The molecule has 168 valence electrons. The van der Waals surface area contributed by atoms with Crippen LogP contribution in [0.25, 0.3) is 16.3 Å². The molecule has 2 heterocycles. The standard InChI is InChI=1S/C23H25N3O5S/c1-25(2)11-12-26(20(27)10-6-15-5-7-16-19(13-15)31-14-30-16)23-24-21-17(28-3)8-9-18(29-4)22(21)32-23/h5-10,13H,11-12,14H2,1-4H3/b10-6+. The van der Waals surface area contributed by atoms with Crippen LogP contribution >= 0.6 is 11.3 Å². The maximum Gasteiger partial charge on any atom is 0.252 e. The zero-order valence-corrected chi connectivity index (χ0v) is 19.3. The lowest BCUT2D eigenvalue weighted by Crippen LogP contribution is -2.35. The van der Waals surface area contributed by atoms with Gasteiger partial charge in [0.15, 0.2) is 16.6 Å². The Hall–Kier alpha value is -3.30. The highest BCUT2D eigenvalue weighted by molar-refractivity contribution is 7.22. The van der Waals surface area contributed by atoms with Gasteiger partial charge in [-0.15, -0.1) is 0 Å². The average Bonchev–Trinajstić information content (AvgIpc) is 3.43.